The highest BCUT2D eigenvalue weighted by Crippen LogP contribution is 2.40. The first-order valence-corrected chi connectivity index (χ1v) is 18.5. The monoisotopic (exact) mass is 737 g/mol. The van der Waals surface area contributed by atoms with Gasteiger partial charge in [-0.05, 0) is 58.7 Å². The number of hydrogen-bond donors (Lipinski definition) is 2. The Labute approximate surface area is 286 Å². The van der Waals surface area contributed by atoms with Gasteiger partial charge in [0.05, 0.1) is 16.8 Å². The lowest BCUT2D eigenvalue weighted by Gasteiger charge is -2.35. The predicted molar refractivity (Wildman–Crippen MR) is 179 cm³/mol. The van der Waals surface area contributed by atoms with Gasteiger partial charge in [0.15, 0.2) is 0 Å². The number of carbonyl (C=O) groups excluding carboxylic acids is 1. The molecular weight excluding hydrogens is 711 g/mol. The minimum absolute atomic E-state index is 0.00316. The maximum atomic E-state index is 13.9. The van der Waals surface area contributed by atoms with Crippen LogP contribution in [0.4, 0.5) is 5.69 Å². The van der Waals surface area contributed by atoms with Gasteiger partial charge in [-0.15, -0.1) is 0 Å². The summed E-state index contributed by atoms with van der Waals surface area (Å²) in [4.78, 5) is 13.2. The van der Waals surface area contributed by atoms with E-state index in [1.54, 1.807) is 35.3 Å². The highest BCUT2D eigenvalue weighted by atomic mass is 35.5. The summed E-state index contributed by atoms with van der Waals surface area (Å²) in [5.74, 6) is -0.639. The number of piperidine rings is 1. The summed E-state index contributed by atoms with van der Waals surface area (Å²) in [7, 11) is -9.26. The second-order valence-corrected chi connectivity index (χ2v) is 15.4. The molecule has 0 saturated carbocycles. The molecule has 1 atom stereocenters. The standard InChI is InChI=1S/C31H27Cl3N4O7S2/c32-21-12-10-20(11-13-21)28-19-26(35-37(28)27-15-14-22(33)18-25(27)34)31(39)36-38(16-2-1-3-17-38)45-47(43,44)30-9-5-6-23-24(30)7-4-8-29(23)46(40,41)42/h4-15,18,28H,1-3,16-17,19H2,(H-,36,39,40,41,42)/p+1. The Morgan fingerprint density at radius 3 is 2.11 bits per heavy atom. The number of hydrazone groups is 1. The molecule has 1 unspecified atom stereocenters. The molecule has 6 rings (SSSR count). The van der Waals surface area contributed by atoms with Crippen LogP contribution in [0.1, 0.15) is 37.3 Å². The molecule has 2 aliphatic rings. The molecule has 4 aromatic rings. The largest absolute Gasteiger partial charge is 0.346 e. The van der Waals surface area contributed by atoms with Gasteiger partial charge in [-0.2, -0.15) is 27.4 Å². The maximum Gasteiger partial charge on any atom is 0.346 e. The molecule has 1 fully saturated rings. The molecular formula is C31H28Cl3N4O7S2+. The van der Waals surface area contributed by atoms with E-state index in [1.807, 2.05) is 12.1 Å². The molecule has 2 aliphatic heterocycles. The Kier molecular flexibility index (Phi) is 9.28. The molecule has 2 N–H and O–H groups in total. The Hall–Kier alpha value is -3.27. The smallest absolute Gasteiger partial charge is 0.282 e. The van der Waals surface area contributed by atoms with Gasteiger partial charge in [-0.3, -0.25) is 14.4 Å². The average molecular weight is 739 g/mol. The number of rotatable bonds is 8. The molecule has 2 heterocycles. The number of nitrogens with one attached hydrogen (secondary N) is 1. The van der Waals surface area contributed by atoms with Gasteiger partial charge in [-0.25, -0.2) is 0 Å². The van der Waals surface area contributed by atoms with Gasteiger partial charge in [0.2, 0.25) is 0 Å². The number of quaternary nitrogens is 1. The third-order valence-electron chi connectivity index (χ3n) is 8.06. The van der Waals surface area contributed by atoms with Crippen LogP contribution < -0.4 is 10.4 Å². The average Bonchev–Trinajstić information content (AvgIpc) is 3.46. The number of hydroxylamine groups is 2. The molecule has 0 bridgehead atoms. The summed E-state index contributed by atoms with van der Waals surface area (Å²) in [5, 5.41) is 7.58. The van der Waals surface area contributed by atoms with Crippen molar-refractivity contribution in [2.24, 2.45) is 5.10 Å². The first-order valence-electron chi connectivity index (χ1n) is 14.5. The van der Waals surface area contributed by atoms with E-state index in [0.29, 0.717) is 33.6 Å². The van der Waals surface area contributed by atoms with Gasteiger partial charge in [0.1, 0.15) is 28.6 Å². The van der Waals surface area contributed by atoms with Crippen molar-refractivity contribution in [1.29, 1.82) is 0 Å². The quantitative estimate of drug-likeness (QED) is 0.150. The van der Waals surface area contributed by atoms with Gasteiger partial charge < -0.3 is 0 Å². The molecule has 0 spiro atoms. The maximum absolute atomic E-state index is 13.9. The number of anilines is 1. The molecule has 0 aromatic heterocycles. The number of benzene rings is 4. The second kappa shape index (κ2) is 13.0. The lowest BCUT2D eigenvalue weighted by molar-refractivity contribution is -1.11. The molecule has 0 aliphatic carbocycles. The molecule has 16 heteroatoms. The fourth-order valence-electron chi connectivity index (χ4n) is 5.88. The van der Waals surface area contributed by atoms with Gasteiger partial charge >= 0.3 is 16.0 Å². The minimum atomic E-state index is -4.65. The summed E-state index contributed by atoms with van der Waals surface area (Å²) < 4.78 is 66.5. The van der Waals surface area contributed by atoms with Crippen molar-refractivity contribution in [2.75, 3.05) is 18.1 Å². The van der Waals surface area contributed by atoms with E-state index in [2.05, 4.69) is 10.5 Å². The van der Waals surface area contributed by atoms with Crippen LogP contribution in [-0.4, -0.2) is 50.9 Å². The summed E-state index contributed by atoms with van der Waals surface area (Å²) in [5.41, 5.74) is 4.23. The van der Waals surface area contributed by atoms with E-state index < -0.39 is 41.8 Å². The van der Waals surface area contributed by atoms with Crippen molar-refractivity contribution in [1.82, 2.24) is 5.43 Å². The molecule has 0 radical (unpaired) electrons. The van der Waals surface area contributed by atoms with Crippen LogP contribution in [-0.2, 0) is 29.3 Å². The first-order chi connectivity index (χ1) is 22.3. The number of halogens is 3. The van der Waals surface area contributed by atoms with Crippen LogP contribution in [0.2, 0.25) is 15.1 Å². The molecule has 4 aromatic carbocycles. The van der Waals surface area contributed by atoms with E-state index in [1.165, 1.54) is 36.4 Å². The number of hydrogen-bond acceptors (Lipinski definition) is 8. The summed E-state index contributed by atoms with van der Waals surface area (Å²) >= 11 is 18.8. The van der Waals surface area contributed by atoms with Crippen molar-refractivity contribution in [3.05, 3.63) is 99.5 Å². The lowest BCUT2D eigenvalue weighted by Crippen LogP contribution is -2.64. The molecule has 246 valence electrons. The van der Waals surface area contributed by atoms with Crippen molar-refractivity contribution in [2.45, 2.75) is 41.5 Å². The van der Waals surface area contributed by atoms with Gasteiger partial charge in [-0.1, -0.05) is 76.0 Å². The molecule has 1 amide bonds. The van der Waals surface area contributed by atoms with Crippen molar-refractivity contribution >= 4 is 83.1 Å². The van der Waals surface area contributed by atoms with Crippen LogP contribution in [0.15, 0.2) is 93.8 Å². The SMILES string of the molecule is O=C(N[N+]1(OS(=O)(=O)c2cccc3c(S(=O)(=O)O)cccc23)CCCCC1)C1=NN(c2ccc(Cl)cc2Cl)C(c2ccc(Cl)cc2)C1. The number of nitrogens with zero attached hydrogens (tertiary/aromatic N) is 3. The van der Waals surface area contributed by atoms with Crippen LogP contribution in [0.25, 0.3) is 10.8 Å². The lowest BCUT2D eigenvalue weighted by atomic mass is 10.0. The third kappa shape index (κ3) is 6.99. The van der Waals surface area contributed by atoms with E-state index in [9.17, 15) is 26.2 Å². The van der Waals surface area contributed by atoms with E-state index >= 15 is 0 Å². The highest BCUT2D eigenvalue weighted by molar-refractivity contribution is 7.87. The minimum Gasteiger partial charge on any atom is -0.282 e. The topological polar surface area (TPSA) is 142 Å². The fraction of sp³-hybridized carbons (Fsp3) is 0.226. The normalized spacial score (nSPS) is 18.3. The Balaban J connectivity index is 1.34. The fourth-order valence-corrected chi connectivity index (χ4v) is 8.54. The van der Waals surface area contributed by atoms with Crippen molar-refractivity contribution in [3.63, 3.8) is 0 Å². The molecule has 11 nitrogen and oxygen atoms in total. The summed E-state index contributed by atoms with van der Waals surface area (Å²) in [6.45, 7) is 0.291. The summed E-state index contributed by atoms with van der Waals surface area (Å²) in [6.07, 6.45) is 2.07. The van der Waals surface area contributed by atoms with Crippen LogP contribution in [0, 0.1) is 0 Å². The predicted octanol–water partition coefficient (Wildman–Crippen LogP) is 6.71. The van der Waals surface area contributed by atoms with Crippen molar-refractivity contribution < 1.29 is 35.2 Å². The Bertz CT molecular complexity index is 2120. The Morgan fingerprint density at radius 1 is 0.851 bits per heavy atom. The zero-order valence-electron chi connectivity index (χ0n) is 24.5. The van der Waals surface area contributed by atoms with Gasteiger partial charge in [0, 0.05) is 40.1 Å². The highest BCUT2D eigenvalue weighted by Gasteiger charge is 2.44. The van der Waals surface area contributed by atoms with Crippen LogP contribution >= 0.6 is 34.8 Å². The number of amides is 1. The summed E-state index contributed by atoms with van der Waals surface area (Å²) in [6, 6.07) is 19.5. The zero-order chi connectivity index (χ0) is 33.6. The van der Waals surface area contributed by atoms with E-state index in [0.717, 1.165) is 12.0 Å². The van der Waals surface area contributed by atoms with E-state index in [-0.39, 0.29) is 40.9 Å². The van der Waals surface area contributed by atoms with Crippen molar-refractivity contribution in [3.8, 4) is 0 Å². The Morgan fingerprint density at radius 2 is 1.47 bits per heavy atom. The van der Waals surface area contributed by atoms with Gasteiger partial charge in [0.25, 0.3) is 10.1 Å². The molecule has 47 heavy (non-hydrogen) atoms. The van der Waals surface area contributed by atoms with Crippen LogP contribution in [0.5, 0.6) is 0 Å². The second-order valence-electron chi connectivity index (χ2n) is 11.2. The first kappa shape index (κ1) is 33.6. The van der Waals surface area contributed by atoms with Crippen LogP contribution in [0.3, 0.4) is 0 Å². The van der Waals surface area contributed by atoms with E-state index in [4.69, 9.17) is 39.1 Å². The third-order valence-corrected chi connectivity index (χ3v) is 11.1. The molecule has 1 saturated heterocycles. The number of fused-ring (bicyclic) bond motifs is 1. The number of carbonyl (C=O) groups is 1. The zero-order valence-corrected chi connectivity index (χ0v) is 28.4.